The monoisotopic (exact) mass is 569 g/mol. The van der Waals surface area contributed by atoms with Crippen molar-refractivity contribution in [3.05, 3.63) is 76.3 Å². The number of imidazole rings is 1. The molecule has 12 nitrogen and oxygen atoms in total. The Kier molecular flexibility index (Phi) is 5.57. The first-order valence-corrected chi connectivity index (χ1v) is 13.8. The zero-order chi connectivity index (χ0) is 28.9. The lowest BCUT2D eigenvalue weighted by Gasteiger charge is -2.38. The van der Waals surface area contributed by atoms with Gasteiger partial charge in [0.1, 0.15) is 30.6 Å². The van der Waals surface area contributed by atoms with Crippen molar-refractivity contribution in [3.63, 3.8) is 0 Å². The van der Waals surface area contributed by atoms with E-state index in [4.69, 9.17) is 4.74 Å². The Morgan fingerprint density at radius 3 is 2.52 bits per heavy atom. The third-order valence-electron chi connectivity index (χ3n) is 8.78. The Labute approximate surface area is 236 Å². The highest BCUT2D eigenvalue weighted by Gasteiger charge is 2.42. The van der Waals surface area contributed by atoms with Gasteiger partial charge in [-0.15, -0.1) is 0 Å². The van der Waals surface area contributed by atoms with E-state index >= 15 is 0 Å². The molecule has 4 aromatic carbocycles. The van der Waals surface area contributed by atoms with Gasteiger partial charge in [-0.2, -0.15) is 4.98 Å². The minimum Gasteiger partial charge on any atom is -0.394 e. The zero-order valence-corrected chi connectivity index (χ0v) is 22.0. The van der Waals surface area contributed by atoms with E-state index < -0.39 is 48.3 Å². The number of aromatic amines is 1. The third kappa shape index (κ3) is 3.54. The first-order chi connectivity index (χ1) is 20.3. The molecular weight excluding hydrogens is 542 g/mol. The van der Waals surface area contributed by atoms with Crippen molar-refractivity contribution < 1.29 is 30.3 Å². The summed E-state index contributed by atoms with van der Waals surface area (Å²) in [7, 11) is 0. The van der Waals surface area contributed by atoms with E-state index in [-0.39, 0.29) is 30.1 Å². The molecule has 7 atom stereocenters. The van der Waals surface area contributed by atoms with Crippen LogP contribution in [0.15, 0.2) is 59.7 Å². The predicted octanol–water partition coefficient (Wildman–Crippen LogP) is 1.58. The van der Waals surface area contributed by atoms with E-state index in [1.807, 2.05) is 48.5 Å². The lowest BCUT2D eigenvalue weighted by molar-refractivity contribution is -0.0767. The van der Waals surface area contributed by atoms with Gasteiger partial charge >= 0.3 is 0 Å². The van der Waals surface area contributed by atoms with Crippen molar-refractivity contribution in [2.24, 2.45) is 0 Å². The Hall–Kier alpha value is -4.17. The Bertz CT molecular complexity index is 2040. The zero-order valence-electron chi connectivity index (χ0n) is 22.0. The molecule has 6 aromatic rings. The molecule has 2 aromatic heterocycles. The summed E-state index contributed by atoms with van der Waals surface area (Å²) in [5.74, 6) is 0.00999. The van der Waals surface area contributed by atoms with Crippen LogP contribution in [0.5, 0.6) is 0 Å². The molecule has 1 saturated heterocycles. The molecule has 214 valence electrons. The number of benzene rings is 4. The molecule has 2 aliphatic rings. The number of aliphatic hydroxyl groups is 5. The Balaban J connectivity index is 1.29. The summed E-state index contributed by atoms with van der Waals surface area (Å²) in [6.07, 6.45) is -5.10. The molecule has 1 aliphatic carbocycles. The number of hydrogen-bond acceptors (Lipinski definition) is 10. The molecule has 3 heterocycles. The van der Waals surface area contributed by atoms with Gasteiger partial charge in [0.2, 0.25) is 5.95 Å². The maximum absolute atomic E-state index is 13.0. The maximum Gasteiger partial charge on any atom is 0.280 e. The number of nitrogens with one attached hydrogen (secondary N) is 2. The van der Waals surface area contributed by atoms with Crippen LogP contribution in [0.2, 0.25) is 0 Å². The Morgan fingerprint density at radius 1 is 1.00 bits per heavy atom. The molecule has 8 rings (SSSR count). The fraction of sp³-hybridized carbons (Fsp3) is 0.300. The molecule has 0 spiro atoms. The second kappa shape index (κ2) is 9.16. The van der Waals surface area contributed by atoms with Gasteiger partial charge in [-0.3, -0.25) is 14.3 Å². The van der Waals surface area contributed by atoms with E-state index in [0.29, 0.717) is 11.1 Å². The summed E-state index contributed by atoms with van der Waals surface area (Å²) in [5.41, 5.74) is 0.746. The van der Waals surface area contributed by atoms with E-state index in [1.54, 1.807) is 0 Å². The number of fused-ring (bicyclic) bond motifs is 3. The summed E-state index contributed by atoms with van der Waals surface area (Å²) >= 11 is 0. The number of aliphatic hydroxyl groups excluding tert-OH is 5. The summed E-state index contributed by atoms with van der Waals surface area (Å²) in [4.78, 5) is 24.5. The second-order valence-corrected chi connectivity index (χ2v) is 11.1. The number of hydrogen-bond donors (Lipinski definition) is 7. The minimum absolute atomic E-state index is 0.00999. The normalized spacial score (nSPS) is 27.9. The standard InChI is InChI=1S/C30H27N5O7/c36-10-18-17(37)9-19(42-18)35-11-31-24-28(35)33-30(34-29(24)41)32-23-22-15-7-6-13-3-1-2-12-4-5-14(21(15)20(12)13)8-16(22)25(38)27(40)26(23)39/h1-8,11,17-19,23,25-27,36-40H,9-10H2,(H2,32,33,34,41)/t17-,18+,19+,23-,25-,26-,27+/m0/s1. The molecule has 0 radical (unpaired) electrons. The average molecular weight is 570 g/mol. The molecule has 12 heteroatoms. The highest BCUT2D eigenvalue weighted by atomic mass is 16.5. The highest BCUT2D eigenvalue weighted by Crippen LogP contribution is 2.46. The van der Waals surface area contributed by atoms with Gasteiger partial charge in [0, 0.05) is 6.42 Å². The summed E-state index contributed by atoms with van der Waals surface area (Å²) in [5, 5.41) is 61.9. The molecule has 7 N–H and O–H groups in total. The van der Waals surface area contributed by atoms with Crippen molar-refractivity contribution in [1.29, 1.82) is 0 Å². The van der Waals surface area contributed by atoms with Gasteiger partial charge in [0.15, 0.2) is 11.2 Å². The van der Waals surface area contributed by atoms with Crippen LogP contribution < -0.4 is 10.9 Å². The van der Waals surface area contributed by atoms with Crippen LogP contribution in [-0.4, -0.2) is 76.1 Å². The van der Waals surface area contributed by atoms with Gasteiger partial charge in [-0.25, -0.2) is 4.98 Å². The van der Waals surface area contributed by atoms with Crippen LogP contribution in [0.4, 0.5) is 5.95 Å². The average Bonchev–Trinajstić information content (AvgIpc) is 3.59. The van der Waals surface area contributed by atoms with E-state index in [9.17, 15) is 30.3 Å². The van der Waals surface area contributed by atoms with Crippen LogP contribution in [-0.2, 0) is 4.74 Å². The van der Waals surface area contributed by atoms with Crippen molar-refractivity contribution in [2.45, 2.75) is 49.2 Å². The van der Waals surface area contributed by atoms with Crippen molar-refractivity contribution in [3.8, 4) is 0 Å². The van der Waals surface area contributed by atoms with Crippen LogP contribution >= 0.6 is 0 Å². The molecule has 0 bridgehead atoms. The molecule has 1 aliphatic heterocycles. The molecule has 0 saturated carbocycles. The summed E-state index contributed by atoms with van der Waals surface area (Å²) < 4.78 is 7.27. The van der Waals surface area contributed by atoms with E-state index in [0.717, 1.165) is 32.3 Å². The molecule has 0 unspecified atom stereocenters. The second-order valence-electron chi connectivity index (χ2n) is 11.1. The molecule has 0 amide bonds. The first-order valence-electron chi connectivity index (χ1n) is 13.8. The summed E-state index contributed by atoms with van der Waals surface area (Å²) in [6, 6.07) is 14.9. The van der Waals surface area contributed by atoms with E-state index in [2.05, 4.69) is 20.3 Å². The molecular formula is C30H27N5O7. The molecule has 1 fully saturated rings. The smallest absolute Gasteiger partial charge is 0.280 e. The Morgan fingerprint density at radius 2 is 1.76 bits per heavy atom. The number of nitrogens with zero attached hydrogens (tertiary/aromatic N) is 3. The maximum atomic E-state index is 13.0. The van der Waals surface area contributed by atoms with Gasteiger partial charge in [0.05, 0.1) is 25.1 Å². The number of H-pyrrole nitrogens is 1. The van der Waals surface area contributed by atoms with Crippen molar-refractivity contribution in [1.82, 2.24) is 19.5 Å². The number of aromatic nitrogens is 4. The third-order valence-corrected chi connectivity index (χ3v) is 8.78. The van der Waals surface area contributed by atoms with Crippen LogP contribution in [0.25, 0.3) is 43.5 Å². The van der Waals surface area contributed by atoms with Crippen LogP contribution in [0, 0.1) is 0 Å². The lowest BCUT2D eigenvalue weighted by atomic mass is 9.77. The SMILES string of the molecule is O=c1[nH]c(N[C@H]2c3c(cc4ccc5cccc6ccc3c4c56)[C@H](O)[C@@H](O)[C@H]2O)nc2c1ncn2[C@H]1C[C@H](O)[C@@H](CO)O1. The lowest BCUT2D eigenvalue weighted by Crippen LogP contribution is -2.44. The van der Waals surface area contributed by atoms with E-state index in [1.165, 1.54) is 10.9 Å². The summed E-state index contributed by atoms with van der Waals surface area (Å²) in [6.45, 7) is -0.361. The number of ether oxygens (including phenoxy) is 1. The fourth-order valence-corrected chi connectivity index (χ4v) is 6.75. The molecule has 42 heavy (non-hydrogen) atoms. The van der Waals surface area contributed by atoms with Gasteiger partial charge in [-0.05, 0) is 49.5 Å². The highest BCUT2D eigenvalue weighted by molar-refractivity contribution is 6.24. The van der Waals surface area contributed by atoms with Gasteiger partial charge in [-0.1, -0.05) is 42.5 Å². The fourth-order valence-electron chi connectivity index (χ4n) is 6.75. The number of anilines is 1. The quantitative estimate of drug-likeness (QED) is 0.154. The van der Waals surface area contributed by atoms with Crippen molar-refractivity contribution >= 4 is 49.4 Å². The predicted molar refractivity (Wildman–Crippen MR) is 153 cm³/mol. The van der Waals surface area contributed by atoms with Crippen molar-refractivity contribution in [2.75, 3.05) is 11.9 Å². The van der Waals surface area contributed by atoms with Crippen LogP contribution in [0.1, 0.15) is 35.9 Å². The van der Waals surface area contributed by atoms with Gasteiger partial charge < -0.3 is 35.6 Å². The topological polar surface area (TPSA) is 186 Å². The largest absolute Gasteiger partial charge is 0.394 e. The van der Waals surface area contributed by atoms with Crippen LogP contribution in [0.3, 0.4) is 0 Å². The number of rotatable bonds is 4. The first kappa shape index (κ1) is 25.5. The van der Waals surface area contributed by atoms with Gasteiger partial charge in [0.25, 0.3) is 5.56 Å². The minimum atomic E-state index is -1.51.